The van der Waals surface area contributed by atoms with Gasteiger partial charge in [-0.15, -0.1) is 0 Å². The van der Waals surface area contributed by atoms with Gasteiger partial charge in [-0.3, -0.25) is 4.68 Å². The Kier molecular flexibility index (Phi) is 2.91. The maximum Gasteiger partial charge on any atom is 0.161 e. The van der Waals surface area contributed by atoms with Crippen LogP contribution in [0.5, 0.6) is 11.5 Å². The highest BCUT2D eigenvalue weighted by Crippen LogP contribution is 2.33. The molecule has 0 spiro atoms. The molecular weight excluding hydrogens is 218 g/mol. The largest absolute Gasteiger partial charge is 0.493 e. The third-order valence-corrected chi connectivity index (χ3v) is 2.51. The quantitative estimate of drug-likeness (QED) is 0.876. The van der Waals surface area contributed by atoms with Crippen molar-refractivity contribution in [2.75, 3.05) is 20.0 Å². The highest BCUT2D eigenvalue weighted by atomic mass is 16.5. The van der Waals surface area contributed by atoms with Crippen LogP contribution < -0.4 is 15.2 Å². The van der Waals surface area contributed by atoms with Crippen LogP contribution in [-0.2, 0) is 7.05 Å². The predicted molar refractivity (Wildman–Crippen MR) is 66.2 cm³/mol. The first-order valence-corrected chi connectivity index (χ1v) is 5.17. The van der Waals surface area contributed by atoms with E-state index < -0.39 is 0 Å². The van der Waals surface area contributed by atoms with Gasteiger partial charge in [-0.1, -0.05) is 0 Å². The number of rotatable bonds is 3. The lowest BCUT2D eigenvalue weighted by molar-refractivity contribution is 0.355. The Hall–Kier alpha value is -2.17. The molecule has 1 aromatic heterocycles. The van der Waals surface area contributed by atoms with Crippen molar-refractivity contribution in [1.82, 2.24) is 9.78 Å². The number of aromatic nitrogens is 2. The Morgan fingerprint density at radius 3 is 2.41 bits per heavy atom. The zero-order valence-corrected chi connectivity index (χ0v) is 10.1. The topological polar surface area (TPSA) is 62.3 Å². The molecule has 0 saturated heterocycles. The summed E-state index contributed by atoms with van der Waals surface area (Å²) < 4.78 is 12.1. The number of nitrogens with two attached hydrogens (primary N) is 1. The number of nitrogen functional groups attached to an aromatic ring is 1. The molecule has 5 nitrogen and oxygen atoms in total. The average Bonchev–Trinajstić information content (AvgIpc) is 2.67. The summed E-state index contributed by atoms with van der Waals surface area (Å²) in [6.07, 6.45) is 1.77. The van der Waals surface area contributed by atoms with Gasteiger partial charge in [0, 0.05) is 18.8 Å². The number of hydrogen-bond acceptors (Lipinski definition) is 4. The fourth-order valence-corrected chi connectivity index (χ4v) is 1.71. The Labute approximate surface area is 99.8 Å². The predicted octanol–water partition coefficient (Wildman–Crippen LogP) is 1.69. The molecule has 0 aliphatic heterocycles. The van der Waals surface area contributed by atoms with E-state index in [2.05, 4.69) is 5.10 Å². The van der Waals surface area contributed by atoms with Gasteiger partial charge in [0.2, 0.25) is 0 Å². The Morgan fingerprint density at radius 2 is 1.88 bits per heavy atom. The highest BCUT2D eigenvalue weighted by molar-refractivity contribution is 5.74. The molecule has 90 valence electrons. The molecule has 2 aromatic rings. The summed E-state index contributed by atoms with van der Waals surface area (Å²) in [5, 5.41) is 4.31. The van der Waals surface area contributed by atoms with Crippen LogP contribution in [0.2, 0.25) is 0 Å². The number of anilines is 1. The standard InChI is InChI=1S/C12H15N3O2/c1-15-7-9(13)12(14-15)8-4-5-10(16-2)11(6-8)17-3/h4-7H,13H2,1-3H3. The Balaban J connectivity index is 2.50. The maximum absolute atomic E-state index is 5.88. The van der Waals surface area contributed by atoms with Gasteiger partial charge >= 0.3 is 0 Å². The molecule has 2 rings (SSSR count). The molecule has 0 aliphatic rings. The lowest BCUT2D eigenvalue weighted by atomic mass is 10.1. The summed E-state index contributed by atoms with van der Waals surface area (Å²) in [6, 6.07) is 5.60. The molecule has 0 saturated carbocycles. The van der Waals surface area contributed by atoms with Gasteiger partial charge in [-0.05, 0) is 18.2 Å². The van der Waals surface area contributed by atoms with Crippen LogP contribution in [0.15, 0.2) is 24.4 Å². The summed E-state index contributed by atoms with van der Waals surface area (Å²) >= 11 is 0. The molecule has 0 radical (unpaired) electrons. The number of nitrogens with zero attached hydrogens (tertiary/aromatic N) is 2. The smallest absolute Gasteiger partial charge is 0.161 e. The van der Waals surface area contributed by atoms with Crippen molar-refractivity contribution < 1.29 is 9.47 Å². The van der Waals surface area contributed by atoms with Gasteiger partial charge in [-0.2, -0.15) is 5.10 Å². The molecule has 17 heavy (non-hydrogen) atoms. The van der Waals surface area contributed by atoms with Crippen molar-refractivity contribution in [3.63, 3.8) is 0 Å². The molecule has 0 fully saturated rings. The van der Waals surface area contributed by atoms with Crippen LogP contribution in [-0.4, -0.2) is 24.0 Å². The lowest BCUT2D eigenvalue weighted by Gasteiger charge is -2.08. The van der Waals surface area contributed by atoms with Gasteiger partial charge in [0.05, 0.1) is 19.9 Å². The van der Waals surface area contributed by atoms with E-state index in [9.17, 15) is 0 Å². The van der Waals surface area contributed by atoms with Crippen molar-refractivity contribution in [1.29, 1.82) is 0 Å². The zero-order valence-electron chi connectivity index (χ0n) is 10.1. The van der Waals surface area contributed by atoms with Crippen molar-refractivity contribution >= 4 is 5.69 Å². The second-order valence-electron chi connectivity index (χ2n) is 3.68. The van der Waals surface area contributed by atoms with E-state index in [-0.39, 0.29) is 0 Å². The minimum Gasteiger partial charge on any atom is -0.493 e. The molecule has 1 heterocycles. The van der Waals surface area contributed by atoms with E-state index in [4.69, 9.17) is 15.2 Å². The van der Waals surface area contributed by atoms with Gasteiger partial charge in [-0.25, -0.2) is 0 Å². The normalized spacial score (nSPS) is 10.3. The van der Waals surface area contributed by atoms with Crippen LogP contribution in [0.4, 0.5) is 5.69 Å². The van der Waals surface area contributed by atoms with E-state index in [1.807, 2.05) is 25.2 Å². The minimum atomic E-state index is 0.639. The van der Waals surface area contributed by atoms with Crippen molar-refractivity contribution in [2.24, 2.45) is 7.05 Å². The van der Waals surface area contributed by atoms with Crippen molar-refractivity contribution in [3.05, 3.63) is 24.4 Å². The average molecular weight is 233 g/mol. The van der Waals surface area contributed by atoms with E-state index in [1.165, 1.54) is 0 Å². The molecule has 0 aliphatic carbocycles. The Morgan fingerprint density at radius 1 is 1.18 bits per heavy atom. The third-order valence-electron chi connectivity index (χ3n) is 2.51. The summed E-state index contributed by atoms with van der Waals surface area (Å²) in [6.45, 7) is 0. The summed E-state index contributed by atoms with van der Waals surface area (Å²) in [5.74, 6) is 1.35. The number of methoxy groups -OCH3 is 2. The molecule has 1 aromatic carbocycles. The second-order valence-corrected chi connectivity index (χ2v) is 3.68. The zero-order chi connectivity index (χ0) is 12.4. The fourth-order valence-electron chi connectivity index (χ4n) is 1.71. The molecule has 0 atom stereocenters. The number of benzene rings is 1. The van der Waals surface area contributed by atoms with Crippen LogP contribution in [0.3, 0.4) is 0 Å². The van der Waals surface area contributed by atoms with E-state index in [0.29, 0.717) is 17.2 Å². The minimum absolute atomic E-state index is 0.639. The summed E-state index contributed by atoms with van der Waals surface area (Å²) in [5.41, 5.74) is 8.17. The number of hydrogen-bond donors (Lipinski definition) is 1. The van der Waals surface area contributed by atoms with Crippen LogP contribution in [0.25, 0.3) is 11.3 Å². The SMILES string of the molecule is COc1ccc(-c2nn(C)cc2N)cc1OC. The first-order valence-electron chi connectivity index (χ1n) is 5.17. The van der Waals surface area contributed by atoms with Gasteiger partial charge in [0.25, 0.3) is 0 Å². The van der Waals surface area contributed by atoms with E-state index in [0.717, 1.165) is 11.3 Å². The number of ether oxygens (including phenoxy) is 2. The van der Waals surface area contributed by atoms with Crippen LogP contribution >= 0.6 is 0 Å². The van der Waals surface area contributed by atoms with Crippen molar-refractivity contribution in [3.8, 4) is 22.8 Å². The number of aryl methyl sites for hydroxylation is 1. The van der Waals surface area contributed by atoms with Gasteiger partial charge in [0.1, 0.15) is 5.69 Å². The summed E-state index contributed by atoms with van der Waals surface area (Å²) in [7, 11) is 5.04. The fraction of sp³-hybridized carbons (Fsp3) is 0.250. The van der Waals surface area contributed by atoms with Crippen LogP contribution in [0.1, 0.15) is 0 Å². The lowest BCUT2D eigenvalue weighted by Crippen LogP contribution is -1.93. The molecular formula is C12H15N3O2. The maximum atomic E-state index is 5.88. The molecule has 0 bridgehead atoms. The van der Waals surface area contributed by atoms with Crippen molar-refractivity contribution in [2.45, 2.75) is 0 Å². The Bertz CT molecular complexity index is 535. The van der Waals surface area contributed by atoms with E-state index in [1.54, 1.807) is 25.1 Å². The molecule has 2 N–H and O–H groups in total. The monoisotopic (exact) mass is 233 g/mol. The van der Waals surface area contributed by atoms with Crippen LogP contribution in [0, 0.1) is 0 Å². The second kappa shape index (κ2) is 4.37. The van der Waals surface area contributed by atoms with Gasteiger partial charge < -0.3 is 15.2 Å². The highest BCUT2D eigenvalue weighted by Gasteiger charge is 2.11. The summed E-state index contributed by atoms with van der Waals surface area (Å²) in [4.78, 5) is 0. The first kappa shape index (κ1) is 11.3. The molecule has 5 heteroatoms. The van der Waals surface area contributed by atoms with E-state index >= 15 is 0 Å². The first-order chi connectivity index (χ1) is 8.15. The third kappa shape index (κ3) is 2.04. The van der Waals surface area contributed by atoms with Gasteiger partial charge in [0.15, 0.2) is 11.5 Å². The molecule has 0 unspecified atom stereocenters. The molecule has 0 amide bonds.